The van der Waals surface area contributed by atoms with Crippen molar-refractivity contribution < 1.29 is 14.3 Å². The Kier molecular flexibility index (Phi) is 6.57. The highest BCUT2D eigenvalue weighted by Gasteiger charge is 2.17. The molecule has 4 heteroatoms. The van der Waals surface area contributed by atoms with Gasteiger partial charge in [0.1, 0.15) is 12.2 Å². The molecule has 0 saturated carbocycles. The number of carbonyl (C=O) groups excluding carboxylic acids is 2. The molecule has 1 atom stereocenters. The molecule has 1 unspecified atom stereocenters. The van der Waals surface area contributed by atoms with E-state index in [0.29, 0.717) is 6.61 Å². The fraction of sp³-hybridized carbons (Fsp3) is 0.429. The molecule has 0 radical (unpaired) electrons. The summed E-state index contributed by atoms with van der Waals surface area (Å²) in [7, 11) is 1.97. The van der Waals surface area contributed by atoms with Gasteiger partial charge < -0.3 is 9.30 Å². The third kappa shape index (κ3) is 5.05. The van der Waals surface area contributed by atoms with E-state index in [1.54, 1.807) is 0 Å². The van der Waals surface area contributed by atoms with Gasteiger partial charge in [0.2, 0.25) is 0 Å². The number of nitrogens with zero attached hydrogens (tertiary/aromatic N) is 1. The fourth-order valence-electron chi connectivity index (χ4n) is 2.90. The molecule has 0 aliphatic rings. The van der Waals surface area contributed by atoms with Crippen LogP contribution in [0.3, 0.4) is 0 Å². The maximum absolute atomic E-state index is 12.1. The molecule has 0 aliphatic heterocycles. The Morgan fingerprint density at radius 2 is 1.80 bits per heavy atom. The molecular weight excluding hydrogens is 314 g/mol. The van der Waals surface area contributed by atoms with Crippen LogP contribution in [0.4, 0.5) is 0 Å². The van der Waals surface area contributed by atoms with Crippen molar-refractivity contribution in [1.29, 1.82) is 0 Å². The number of aryl methyl sites for hydroxylation is 1. The van der Waals surface area contributed by atoms with Gasteiger partial charge in [0, 0.05) is 30.8 Å². The van der Waals surface area contributed by atoms with Crippen LogP contribution in [0.25, 0.3) is 0 Å². The quantitative estimate of drug-likeness (QED) is 0.540. The Morgan fingerprint density at radius 1 is 1.12 bits per heavy atom. The number of ether oxygens (including phenoxy) is 1. The van der Waals surface area contributed by atoms with Gasteiger partial charge in [-0.2, -0.15) is 0 Å². The van der Waals surface area contributed by atoms with Gasteiger partial charge in [-0.15, -0.1) is 0 Å². The molecule has 0 bridgehead atoms. The molecule has 2 aromatic rings. The van der Waals surface area contributed by atoms with Crippen molar-refractivity contribution in [2.45, 2.75) is 46.0 Å². The van der Waals surface area contributed by atoms with Crippen molar-refractivity contribution >= 4 is 11.8 Å². The summed E-state index contributed by atoms with van der Waals surface area (Å²) in [6, 6.07) is 12.5. The molecule has 0 spiro atoms. The van der Waals surface area contributed by atoms with Crippen molar-refractivity contribution in [2.75, 3.05) is 6.61 Å². The number of aromatic nitrogens is 1. The minimum Gasteiger partial charge on any atom is -0.465 e. The van der Waals surface area contributed by atoms with Crippen LogP contribution in [-0.4, -0.2) is 22.9 Å². The molecule has 2 rings (SSSR count). The number of benzene rings is 1. The van der Waals surface area contributed by atoms with Crippen molar-refractivity contribution in [2.24, 2.45) is 7.05 Å². The lowest BCUT2D eigenvalue weighted by Gasteiger charge is -2.15. The van der Waals surface area contributed by atoms with Crippen molar-refractivity contribution in [3.8, 4) is 0 Å². The number of carbonyl (C=O) groups is 2. The smallest absolute Gasteiger partial charge is 0.313 e. The molecule has 0 saturated heterocycles. The Morgan fingerprint density at radius 3 is 2.44 bits per heavy atom. The molecule has 4 nitrogen and oxygen atoms in total. The minimum atomic E-state index is -0.436. The summed E-state index contributed by atoms with van der Waals surface area (Å²) in [5.74, 6) is -0.310. The predicted molar refractivity (Wildman–Crippen MR) is 98.7 cm³/mol. The molecule has 1 aromatic carbocycles. The normalized spacial score (nSPS) is 12.0. The third-order valence-corrected chi connectivity index (χ3v) is 4.47. The van der Waals surface area contributed by atoms with Gasteiger partial charge in [0.05, 0.1) is 6.61 Å². The van der Waals surface area contributed by atoms with Crippen LogP contribution in [0.2, 0.25) is 0 Å². The maximum atomic E-state index is 12.1. The van der Waals surface area contributed by atoms with Gasteiger partial charge in [-0.05, 0) is 31.0 Å². The van der Waals surface area contributed by atoms with Crippen LogP contribution in [0.15, 0.2) is 36.4 Å². The Balaban J connectivity index is 2.04. The van der Waals surface area contributed by atoms with Crippen LogP contribution >= 0.6 is 0 Å². The van der Waals surface area contributed by atoms with E-state index in [9.17, 15) is 9.59 Å². The number of ketones is 1. The van der Waals surface area contributed by atoms with E-state index in [1.165, 1.54) is 11.1 Å². The second-order valence-electron chi connectivity index (χ2n) is 6.55. The van der Waals surface area contributed by atoms with Crippen LogP contribution < -0.4 is 0 Å². The zero-order valence-electron chi connectivity index (χ0n) is 15.5. The highest BCUT2D eigenvalue weighted by atomic mass is 16.5. The van der Waals surface area contributed by atoms with Gasteiger partial charge in [0.25, 0.3) is 0 Å². The summed E-state index contributed by atoms with van der Waals surface area (Å²) in [4.78, 5) is 23.7. The molecule has 0 N–H and O–H groups in total. The van der Waals surface area contributed by atoms with Gasteiger partial charge in [0.15, 0.2) is 0 Å². The van der Waals surface area contributed by atoms with E-state index in [-0.39, 0.29) is 24.5 Å². The van der Waals surface area contributed by atoms with Gasteiger partial charge in [-0.25, -0.2) is 0 Å². The van der Waals surface area contributed by atoms with Crippen LogP contribution in [0, 0.1) is 6.92 Å². The van der Waals surface area contributed by atoms with E-state index in [1.807, 2.05) is 20.0 Å². The number of hydrogen-bond acceptors (Lipinski definition) is 3. The van der Waals surface area contributed by atoms with Crippen LogP contribution in [0.1, 0.15) is 55.1 Å². The van der Waals surface area contributed by atoms with E-state index >= 15 is 0 Å². The first kappa shape index (κ1) is 19.0. The van der Waals surface area contributed by atoms with E-state index in [2.05, 4.69) is 48.7 Å². The monoisotopic (exact) mass is 341 g/mol. The SMILES string of the molecule is CCCOC(=O)CC(=O)Cc1ccc(C(C)c2ccc(C)cc2)n1C. The van der Waals surface area contributed by atoms with E-state index in [4.69, 9.17) is 4.74 Å². The number of esters is 1. The summed E-state index contributed by atoms with van der Waals surface area (Å²) in [5, 5.41) is 0. The highest BCUT2D eigenvalue weighted by Crippen LogP contribution is 2.26. The molecular formula is C21H27NO3. The van der Waals surface area contributed by atoms with E-state index in [0.717, 1.165) is 17.8 Å². The number of rotatable bonds is 8. The summed E-state index contributed by atoms with van der Waals surface area (Å²) in [5.41, 5.74) is 4.55. The average Bonchev–Trinajstić information content (AvgIpc) is 2.93. The Labute approximate surface area is 149 Å². The largest absolute Gasteiger partial charge is 0.465 e. The first-order valence-electron chi connectivity index (χ1n) is 8.80. The van der Waals surface area contributed by atoms with Crippen LogP contribution in [0.5, 0.6) is 0 Å². The summed E-state index contributed by atoms with van der Waals surface area (Å²) in [6.45, 7) is 6.53. The summed E-state index contributed by atoms with van der Waals surface area (Å²) < 4.78 is 7.03. The third-order valence-electron chi connectivity index (χ3n) is 4.47. The zero-order chi connectivity index (χ0) is 18.4. The second-order valence-corrected chi connectivity index (χ2v) is 6.55. The molecule has 1 aromatic heterocycles. The number of hydrogen-bond donors (Lipinski definition) is 0. The standard InChI is InChI=1S/C21H27NO3/c1-5-12-25-21(24)14-19(23)13-18-10-11-20(22(18)4)16(3)17-8-6-15(2)7-9-17/h6-11,16H,5,12-14H2,1-4H3. The first-order chi connectivity index (χ1) is 11.9. The molecule has 0 aliphatic carbocycles. The summed E-state index contributed by atoms with van der Waals surface area (Å²) >= 11 is 0. The average molecular weight is 341 g/mol. The molecule has 1 heterocycles. The molecule has 25 heavy (non-hydrogen) atoms. The number of Topliss-reactive ketones (excluding diaryl/α,β-unsaturated/α-hetero) is 1. The minimum absolute atomic E-state index is 0.114. The highest BCUT2D eigenvalue weighted by molar-refractivity contribution is 5.96. The molecule has 0 amide bonds. The summed E-state index contributed by atoms with van der Waals surface area (Å²) in [6.07, 6.45) is 0.852. The topological polar surface area (TPSA) is 48.3 Å². The predicted octanol–water partition coefficient (Wildman–Crippen LogP) is 3.94. The second kappa shape index (κ2) is 8.65. The molecule has 134 valence electrons. The Bertz CT molecular complexity index is 728. The lowest BCUT2D eigenvalue weighted by atomic mass is 9.97. The van der Waals surface area contributed by atoms with Gasteiger partial charge >= 0.3 is 5.97 Å². The Hall–Kier alpha value is -2.36. The first-order valence-corrected chi connectivity index (χ1v) is 8.80. The maximum Gasteiger partial charge on any atom is 0.313 e. The van der Waals surface area contributed by atoms with Crippen molar-refractivity contribution in [1.82, 2.24) is 4.57 Å². The van der Waals surface area contributed by atoms with Gasteiger partial charge in [-0.3, -0.25) is 9.59 Å². The zero-order valence-corrected chi connectivity index (χ0v) is 15.5. The van der Waals surface area contributed by atoms with Crippen LogP contribution in [-0.2, 0) is 27.8 Å². The van der Waals surface area contributed by atoms with Crippen molar-refractivity contribution in [3.63, 3.8) is 0 Å². The van der Waals surface area contributed by atoms with Crippen molar-refractivity contribution in [3.05, 3.63) is 58.9 Å². The lowest BCUT2D eigenvalue weighted by Crippen LogP contribution is -2.15. The van der Waals surface area contributed by atoms with E-state index < -0.39 is 5.97 Å². The lowest BCUT2D eigenvalue weighted by molar-refractivity contribution is -0.145. The van der Waals surface area contributed by atoms with Gasteiger partial charge in [-0.1, -0.05) is 43.7 Å². The molecule has 0 fully saturated rings. The fourth-order valence-corrected chi connectivity index (χ4v) is 2.90.